The Labute approximate surface area is 195 Å². The summed E-state index contributed by atoms with van der Waals surface area (Å²) in [5.74, 6) is -0.163. The van der Waals surface area contributed by atoms with Gasteiger partial charge >= 0.3 is 0 Å². The summed E-state index contributed by atoms with van der Waals surface area (Å²) in [6.45, 7) is 4.65. The van der Waals surface area contributed by atoms with Gasteiger partial charge in [0.05, 0.1) is 18.0 Å². The molecule has 2 N–H and O–H groups in total. The lowest BCUT2D eigenvalue weighted by Crippen LogP contribution is -2.36. The van der Waals surface area contributed by atoms with Crippen LogP contribution in [0.1, 0.15) is 30.5 Å². The number of sulfonamides is 1. The number of hydrogen-bond acceptors (Lipinski definition) is 6. The minimum absolute atomic E-state index is 0.00536. The van der Waals surface area contributed by atoms with Crippen LogP contribution < -0.4 is 10.6 Å². The maximum Gasteiger partial charge on any atom is 0.243 e. The number of anilines is 2. The van der Waals surface area contributed by atoms with Crippen molar-refractivity contribution in [1.82, 2.24) is 14.2 Å². The average Bonchev–Trinajstić information content (AvgIpc) is 2.75. The first-order valence-electron chi connectivity index (χ1n) is 11.0. The molecule has 33 heavy (non-hydrogen) atoms. The van der Waals surface area contributed by atoms with E-state index in [4.69, 9.17) is 0 Å². The Morgan fingerprint density at radius 3 is 2.33 bits per heavy atom. The molecule has 1 aliphatic heterocycles. The number of likely N-dealkylation sites (N-methyl/N-ethyl adjacent to an activating group) is 1. The molecule has 1 aromatic carbocycles. The number of nitrogens with zero attached hydrogens (tertiary/aromatic N) is 3. The topological polar surface area (TPSA) is 112 Å². The van der Waals surface area contributed by atoms with Gasteiger partial charge in [-0.1, -0.05) is 18.6 Å². The molecule has 1 saturated heterocycles. The molecule has 1 fully saturated rings. The van der Waals surface area contributed by atoms with E-state index in [1.807, 2.05) is 13.0 Å². The van der Waals surface area contributed by atoms with E-state index in [0.717, 1.165) is 30.5 Å². The highest BCUT2D eigenvalue weighted by atomic mass is 32.2. The Hall–Kier alpha value is -2.82. The van der Waals surface area contributed by atoms with Crippen LogP contribution >= 0.6 is 0 Å². The van der Waals surface area contributed by atoms with Gasteiger partial charge in [0.1, 0.15) is 5.82 Å². The third kappa shape index (κ3) is 6.83. The summed E-state index contributed by atoms with van der Waals surface area (Å²) in [7, 11) is -1.94. The van der Waals surface area contributed by atoms with Gasteiger partial charge in [0.15, 0.2) is 0 Å². The number of benzene rings is 1. The molecule has 0 radical (unpaired) electrons. The molecule has 178 valence electrons. The molecule has 0 bridgehead atoms. The zero-order valence-electron chi connectivity index (χ0n) is 19.3. The van der Waals surface area contributed by atoms with Crippen molar-refractivity contribution in [3.05, 3.63) is 47.7 Å². The number of aromatic nitrogens is 1. The number of hydrogen-bond donors (Lipinski definition) is 2. The first-order valence-corrected chi connectivity index (χ1v) is 12.4. The second-order valence-corrected chi connectivity index (χ2v) is 10.3. The predicted molar refractivity (Wildman–Crippen MR) is 128 cm³/mol. The van der Waals surface area contributed by atoms with Gasteiger partial charge in [-0.3, -0.25) is 14.5 Å². The summed E-state index contributed by atoms with van der Waals surface area (Å²) in [6.07, 6.45) is 2.75. The van der Waals surface area contributed by atoms with Crippen molar-refractivity contribution in [1.29, 1.82) is 0 Å². The summed E-state index contributed by atoms with van der Waals surface area (Å²) in [4.78, 5) is 30.8. The van der Waals surface area contributed by atoms with Crippen LogP contribution in [-0.4, -0.2) is 67.6 Å². The number of nitrogens with one attached hydrogen (secondary N) is 2. The summed E-state index contributed by atoms with van der Waals surface area (Å²) < 4.78 is 27.4. The number of pyridine rings is 1. The summed E-state index contributed by atoms with van der Waals surface area (Å²) in [5.41, 5.74) is 1.99. The van der Waals surface area contributed by atoms with E-state index < -0.39 is 10.0 Å². The van der Waals surface area contributed by atoms with Crippen LogP contribution in [0.2, 0.25) is 0 Å². The molecule has 1 aromatic heterocycles. The first-order chi connectivity index (χ1) is 15.6. The molecule has 0 saturated carbocycles. The number of carbonyl (C=O) groups is 2. The highest BCUT2D eigenvalue weighted by Gasteiger charge is 2.26. The fraction of sp³-hybridized carbons (Fsp3) is 0.435. The van der Waals surface area contributed by atoms with Crippen molar-refractivity contribution in [3.8, 4) is 0 Å². The molecule has 0 spiro atoms. The van der Waals surface area contributed by atoms with E-state index in [1.165, 1.54) is 10.4 Å². The van der Waals surface area contributed by atoms with Gasteiger partial charge in [-0.2, -0.15) is 4.31 Å². The van der Waals surface area contributed by atoms with Crippen LogP contribution in [0.25, 0.3) is 0 Å². The molecule has 3 rings (SSSR count). The minimum atomic E-state index is -3.60. The number of piperidine rings is 1. The predicted octanol–water partition coefficient (Wildman–Crippen LogP) is 2.38. The lowest BCUT2D eigenvalue weighted by atomic mass is 10.2. The summed E-state index contributed by atoms with van der Waals surface area (Å²) in [5, 5.41) is 5.49. The molecule has 0 aliphatic carbocycles. The van der Waals surface area contributed by atoms with E-state index in [9.17, 15) is 18.0 Å². The van der Waals surface area contributed by atoms with Crippen molar-refractivity contribution >= 4 is 33.3 Å². The maximum absolute atomic E-state index is 13.0. The quantitative estimate of drug-likeness (QED) is 0.609. The largest absolute Gasteiger partial charge is 0.325 e. The molecule has 2 heterocycles. The Balaban J connectivity index is 1.59. The Morgan fingerprint density at radius 2 is 1.67 bits per heavy atom. The van der Waals surface area contributed by atoms with E-state index in [-0.39, 0.29) is 29.8 Å². The number of carbonyl (C=O) groups excluding carboxylic acids is 2. The molecule has 1 aliphatic rings. The Bertz CT molecular complexity index is 1110. The monoisotopic (exact) mass is 473 g/mol. The highest BCUT2D eigenvalue weighted by molar-refractivity contribution is 7.89. The number of rotatable bonds is 8. The van der Waals surface area contributed by atoms with Crippen LogP contribution in [0.5, 0.6) is 0 Å². The van der Waals surface area contributed by atoms with E-state index >= 15 is 0 Å². The zero-order valence-corrected chi connectivity index (χ0v) is 20.1. The molecule has 2 aromatic rings. The molecule has 10 heteroatoms. The lowest BCUT2D eigenvalue weighted by Gasteiger charge is -2.26. The standard InChI is InChI=1S/C23H31N5O4S/c1-17-10-11-19(33(31,32)28-12-5-4-6-13-28)14-20(17)25-22(29)15-27(3)16-23(30)26-21-9-7-8-18(2)24-21/h7-11,14H,4-6,12-13,15-16H2,1-3H3,(H,25,29)(H,24,26,30). The Morgan fingerprint density at radius 1 is 1.00 bits per heavy atom. The van der Waals surface area contributed by atoms with Gasteiger partial charge < -0.3 is 10.6 Å². The molecule has 9 nitrogen and oxygen atoms in total. The van der Waals surface area contributed by atoms with Gasteiger partial charge in [-0.25, -0.2) is 13.4 Å². The smallest absolute Gasteiger partial charge is 0.243 e. The van der Waals surface area contributed by atoms with E-state index in [1.54, 1.807) is 43.1 Å². The molecular weight excluding hydrogens is 442 g/mol. The van der Waals surface area contributed by atoms with Crippen LogP contribution in [0, 0.1) is 13.8 Å². The summed E-state index contributed by atoms with van der Waals surface area (Å²) in [6, 6.07) is 10.1. The van der Waals surface area contributed by atoms with E-state index in [0.29, 0.717) is 24.6 Å². The van der Waals surface area contributed by atoms with Crippen LogP contribution in [0.3, 0.4) is 0 Å². The zero-order chi connectivity index (χ0) is 24.0. The normalized spacial score (nSPS) is 14.8. The summed E-state index contributed by atoms with van der Waals surface area (Å²) >= 11 is 0. The van der Waals surface area contributed by atoms with Gasteiger partial charge in [-0.05, 0) is 63.6 Å². The SMILES string of the molecule is Cc1cccc(NC(=O)CN(C)CC(=O)Nc2cc(S(=O)(=O)N3CCCCC3)ccc2C)n1. The molecule has 0 unspecified atom stereocenters. The maximum atomic E-state index is 13.0. The first kappa shape index (κ1) is 24.8. The van der Waals surface area contributed by atoms with Crippen molar-refractivity contribution in [2.45, 2.75) is 38.0 Å². The van der Waals surface area contributed by atoms with Crippen molar-refractivity contribution in [2.75, 3.05) is 43.9 Å². The third-order valence-electron chi connectivity index (χ3n) is 5.42. The van der Waals surface area contributed by atoms with Crippen molar-refractivity contribution in [2.24, 2.45) is 0 Å². The number of aryl methyl sites for hydroxylation is 2. The molecule has 0 atom stereocenters. The third-order valence-corrected chi connectivity index (χ3v) is 7.31. The van der Waals surface area contributed by atoms with Gasteiger partial charge in [0, 0.05) is 24.5 Å². The fourth-order valence-electron chi connectivity index (χ4n) is 3.68. The van der Waals surface area contributed by atoms with Gasteiger partial charge in [0.2, 0.25) is 21.8 Å². The van der Waals surface area contributed by atoms with Crippen LogP contribution in [0.4, 0.5) is 11.5 Å². The van der Waals surface area contributed by atoms with Crippen LogP contribution in [0.15, 0.2) is 41.3 Å². The molecule has 2 amide bonds. The minimum Gasteiger partial charge on any atom is -0.325 e. The van der Waals surface area contributed by atoms with E-state index in [2.05, 4.69) is 15.6 Å². The average molecular weight is 474 g/mol. The second-order valence-electron chi connectivity index (χ2n) is 8.37. The Kier molecular flexibility index (Phi) is 8.17. The van der Waals surface area contributed by atoms with Crippen molar-refractivity contribution < 1.29 is 18.0 Å². The van der Waals surface area contributed by atoms with Crippen LogP contribution in [-0.2, 0) is 19.6 Å². The van der Waals surface area contributed by atoms with Crippen molar-refractivity contribution in [3.63, 3.8) is 0 Å². The fourth-order valence-corrected chi connectivity index (χ4v) is 5.23. The number of amides is 2. The molecular formula is C23H31N5O4S. The second kappa shape index (κ2) is 10.9. The van der Waals surface area contributed by atoms with Gasteiger partial charge in [0.25, 0.3) is 0 Å². The van der Waals surface area contributed by atoms with Gasteiger partial charge in [-0.15, -0.1) is 0 Å². The lowest BCUT2D eigenvalue weighted by molar-refractivity contribution is -0.119. The highest BCUT2D eigenvalue weighted by Crippen LogP contribution is 2.25.